The van der Waals surface area contributed by atoms with Crippen LogP contribution in [0.15, 0.2) is 85.1 Å². The SMILES string of the molecule is C=C(C1CCN(C(=O)c2ccc(/C(=C\C)c3cccc(F)c3)c(C)c2)CC1)N(CC1CC1)c1ccccc1C.CCC(C)C. The molecule has 1 saturated heterocycles. The van der Waals surface area contributed by atoms with Gasteiger partial charge in [0.1, 0.15) is 5.82 Å². The zero-order valence-electron chi connectivity index (χ0n) is 27.7. The third kappa shape index (κ3) is 8.49. The maximum atomic E-state index is 13.9. The van der Waals surface area contributed by atoms with Crippen LogP contribution in [0.1, 0.15) is 92.4 Å². The number of hydrogen-bond donors (Lipinski definition) is 0. The highest BCUT2D eigenvalue weighted by atomic mass is 19.1. The van der Waals surface area contributed by atoms with E-state index in [1.165, 1.54) is 42.3 Å². The minimum atomic E-state index is -0.253. The number of benzene rings is 3. The van der Waals surface area contributed by atoms with Crippen LogP contribution in [0, 0.1) is 37.4 Å². The highest BCUT2D eigenvalue weighted by Crippen LogP contribution is 2.37. The second kappa shape index (κ2) is 15.4. The monoisotopic (exact) mass is 594 g/mol. The lowest BCUT2D eigenvalue weighted by Gasteiger charge is -2.38. The van der Waals surface area contributed by atoms with Crippen molar-refractivity contribution in [2.45, 2.75) is 73.6 Å². The van der Waals surface area contributed by atoms with Gasteiger partial charge in [-0.25, -0.2) is 4.39 Å². The van der Waals surface area contributed by atoms with Crippen LogP contribution in [-0.4, -0.2) is 30.4 Å². The maximum Gasteiger partial charge on any atom is 0.253 e. The lowest BCUT2D eigenvalue weighted by atomic mass is 9.91. The number of carbonyl (C=O) groups is 1. The van der Waals surface area contributed by atoms with Crippen molar-refractivity contribution >= 4 is 17.2 Å². The lowest BCUT2D eigenvalue weighted by molar-refractivity contribution is 0.0701. The number of allylic oxidation sites excluding steroid dienone is 2. The van der Waals surface area contributed by atoms with Crippen molar-refractivity contribution in [3.05, 3.63) is 119 Å². The summed E-state index contributed by atoms with van der Waals surface area (Å²) in [6.07, 6.45) is 7.77. The lowest BCUT2D eigenvalue weighted by Crippen LogP contribution is -2.41. The summed E-state index contributed by atoms with van der Waals surface area (Å²) in [5, 5.41) is 0. The fourth-order valence-corrected chi connectivity index (χ4v) is 5.85. The van der Waals surface area contributed by atoms with Gasteiger partial charge in [0.25, 0.3) is 5.91 Å². The van der Waals surface area contributed by atoms with E-state index < -0.39 is 0 Å². The molecule has 4 heteroatoms. The molecular formula is C40H51FN2O. The van der Waals surface area contributed by atoms with Gasteiger partial charge in [-0.15, -0.1) is 0 Å². The zero-order valence-corrected chi connectivity index (χ0v) is 27.7. The molecule has 1 amide bonds. The summed E-state index contributed by atoms with van der Waals surface area (Å²) >= 11 is 0. The predicted molar refractivity (Wildman–Crippen MR) is 184 cm³/mol. The van der Waals surface area contributed by atoms with Crippen molar-refractivity contribution in [2.24, 2.45) is 17.8 Å². The number of aryl methyl sites for hydroxylation is 2. The van der Waals surface area contributed by atoms with E-state index in [4.69, 9.17) is 0 Å². The van der Waals surface area contributed by atoms with Crippen molar-refractivity contribution in [3.63, 3.8) is 0 Å². The third-order valence-electron chi connectivity index (χ3n) is 9.15. The molecule has 0 radical (unpaired) electrons. The molecule has 2 aliphatic rings. The van der Waals surface area contributed by atoms with E-state index in [1.807, 2.05) is 49.1 Å². The minimum absolute atomic E-state index is 0.0789. The van der Waals surface area contributed by atoms with Crippen molar-refractivity contribution in [3.8, 4) is 0 Å². The van der Waals surface area contributed by atoms with E-state index >= 15 is 0 Å². The smallest absolute Gasteiger partial charge is 0.253 e. The van der Waals surface area contributed by atoms with Gasteiger partial charge in [-0.05, 0) is 116 Å². The molecule has 3 aromatic carbocycles. The number of likely N-dealkylation sites (tertiary alicyclic amines) is 1. The average Bonchev–Trinajstić information content (AvgIpc) is 3.85. The van der Waals surface area contributed by atoms with Gasteiger partial charge >= 0.3 is 0 Å². The molecule has 0 atom stereocenters. The molecule has 234 valence electrons. The molecule has 2 fully saturated rings. The number of anilines is 1. The van der Waals surface area contributed by atoms with Crippen LogP contribution in [0.5, 0.6) is 0 Å². The predicted octanol–water partition coefficient (Wildman–Crippen LogP) is 10.2. The van der Waals surface area contributed by atoms with Gasteiger partial charge in [-0.2, -0.15) is 0 Å². The van der Waals surface area contributed by atoms with Gasteiger partial charge in [0, 0.05) is 42.5 Å². The summed E-state index contributed by atoms with van der Waals surface area (Å²) in [6.45, 7) is 19.9. The van der Waals surface area contributed by atoms with Crippen LogP contribution in [0.4, 0.5) is 10.1 Å². The molecule has 44 heavy (non-hydrogen) atoms. The van der Waals surface area contributed by atoms with Crippen LogP contribution in [0.25, 0.3) is 5.57 Å². The largest absolute Gasteiger partial charge is 0.345 e. The third-order valence-corrected chi connectivity index (χ3v) is 9.15. The van der Waals surface area contributed by atoms with E-state index in [0.29, 0.717) is 11.5 Å². The number of carbonyl (C=O) groups excluding carboxylic acids is 1. The number of amides is 1. The first-order valence-electron chi connectivity index (χ1n) is 16.5. The average molecular weight is 595 g/mol. The first kappa shape index (κ1) is 33.2. The zero-order chi connectivity index (χ0) is 31.8. The standard InChI is InChI=1S/C35H39FN2O.C5H12/c1-5-32(29-10-8-11-31(36)22-29)33-16-15-30(21-25(33)3)35(39)37-19-17-28(18-20-37)26(4)38(23-27-13-14-27)34-12-7-6-9-24(34)2;1-4-5(2)3/h5-12,15-16,21-22,27-28H,4,13-14,17-20,23H2,1-3H3;5H,4H2,1-3H3/b32-5-;. The quantitative estimate of drug-likeness (QED) is 0.246. The minimum Gasteiger partial charge on any atom is -0.345 e. The molecule has 1 aliphatic heterocycles. The molecule has 0 spiro atoms. The maximum absolute atomic E-state index is 13.9. The van der Waals surface area contributed by atoms with Gasteiger partial charge in [0.05, 0.1) is 0 Å². The fraction of sp³-hybridized carbons (Fsp3) is 0.425. The summed E-state index contributed by atoms with van der Waals surface area (Å²) in [5.74, 6) is 1.85. The van der Waals surface area contributed by atoms with Gasteiger partial charge < -0.3 is 9.80 Å². The number of nitrogens with zero attached hydrogens (tertiary/aromatic N) is 2. The molecular weight excluding hydrogens is 543 g/mol. The van der Waals surface area contributed by atoms with Crippen molar-refractivity contribution in [1.29, 1.82) is 0 Å². The van der Waals surface area contributed by atoms with Crippen molar-refractivity contribution < 1.29 is 9.18 Å². The summed E-state index contributed by atoms with van der Waals surface area (Å²) in [5.41, 5.74) is 8.28. The topological polar surface area (TPSA) is 23.6 Å². The van der Waals surface area contributed by atoms with Crippen LogP contribution >= 0.6 is 0 Å². The molecule has 0 N–H and O–H groups in total. The second-order valence-corrected chi connectivity index (χ2v) is 12.9. The molecule has 5 rings (SSSR count). The van der Waals surface area contributed by atoms with Crippen LogP contribution in [-0.2, 0) is 0 Å². The Morgan fingerprint density at radius 1 is 0.955 bits per heavy atom. The highest BCUT2D eigenvalue weighted by molar-refractivity contribution is 5.95. The molecule has 1 saturated carbocycles. The van der Waals surface area contributed by atoms with Gasteiger partial charge in [-0.3, -0.25) is 4.79 Å². The molecule has 0 aromatic heterocycles. The Labute approximate surface area is 265 Å². The summed E-state index contributed by atoms with van der Waals surface area (Å²) < 4.78 is 13.9. The number of halogens is 1. The molecule has 0 unspecified atom stereocenters. The Bertz CT molecular complexity index is 1460. The van der Waals surface area contributed by atoms with Crippen molar-refractivity contribution in [1.82, 2.24) is 4.90 Å². The number of para-hydroxylation sites is 1. The van der Waals surface area contributed by atoms with Gasteiger partial charge in [0.2, 0.25) is 0 Å². The summed E-state index contributed by atoms with van der Waals surface area (Å²) in [7, 11) is 0. The molecule has 1 aliphatic carbocycles. The normalized spacial score (nSPS) is 15.5. The van der Waals surface area contributed by atoms with Crippen LogP contribution in [0.2, 0.25) is 0 Å². The fourth-order valence-electron chi connectivity index (χ4n) is 5.85. The number of rotatable bonds is 9. The Hall–Kier alpha value is -3.66. The van der Waals surface area contributed by atoms with E-state index in [1.54, 1.807) is 12.1 Å². The van der Waals surface area contributed by atoms with Gasteiger partial charge in [-0.1, -0.05) is 76.2 Å². The Balaban J connectivity index is 0.000000818. The van der Waals surface area contributed by atoms with Crippen molar-refractivity contribution in [2.75, 3.05) is 24.5 Å². The molecule has 3 aromatic rings. The van der Waals surface area contributed by atoms with Crippen LogP contribution in [0.3, 0.4) is 0 Å². The highest BCUT2D eigenvalue weighted by Gasteiger charge is 2.31. The van der Waals surface area contributed by atoms with Gasteiger partial charge in [0.15, 0.2) is 0 Å². The Morgan fingerprint density at radius 3 is 2.20 bits per heavy atom. The Morgan fingerprint density at radius 2 is 1.64 bits per heavy atom. The van der Waals surface area contributed by atoms with Crippen LogP contribution < -0.4 is 4.90 Å². The first-order chi connectivity index (χ1) is 21.1. The molecule has 3 nitrogen and oxygen atoms in total. The van der Waals surface area contributed by atoms with E-state index in [-0.39, 0.29) is 11.7 Å². The van der Waals surface area contributed by atoms with E-state index in [0.717, 1.165) is 66.6 Å². The number of piperidine rings is 1. The molecule has 1 heterocycles. The second-order valence-electron chi connectivity index (χ2n) is 12.9. The van der Waals surface area contributed by atoms with E-state index in [9.17, 15) is 9.18 Å². The summed E-state index contributed by atoms with van der Waals surface area (Å²) in [4.78, 5) is 17.9. The van der Waals surface area contributed by atoms with E-state index in [2.05, 4.69) is 63.4 Å². The number of hydrogen-bond acceptors (Lipinski definition) is 2. The first-order valence-corrected chi connectivity index (χ1v) is 16.5. The summed E-state index contributed by atoms with van der Waals surface area (Å²) in [6, 6.07) is 21.1. The Kier molecular flexibility index (Phi) is 11.6. The molecule has 0 bridgehead atoms.